The molecule has 9 heteroatoms. The third kappa shape index (κ3) is 5.93. The Labute approximate surface area is 233 Å². The van der Waals surface area contributed by atoms with Crippen molar-refractivity contribution < 1.29 is 28.6 Å². The van der Waals surface area contributed by atoms with Gasteiger partial charge >= 0.3 is 12.0 Å². The summed E-state index contributed by atoms with van der Waals surface area (Å²) in [6.07, 6.45) is 0.695. The molecule has 40 heavy (non-hydrogen) atoms. The molecule has 0 saturated heterocycles. The van der Waals surface area contributed by atoms with Gasteiger partial charge < -0.3 is 24.8 Å². The minimum atomic E-state index is -0.803. The van der Waals surface area contributed by atoms with E-state index in [4.69, 9.17) is 14.2 Å². The Balaban J connectivity index is 1.77. The molecule has 4 rings (SSSR count). The first-order valence-electron chi connectivity index (χ1n) is 13.1. The van der Waals surface area contributed by atoms with Crippen LogP contribution >= 0.6 is 0 Å². The van der Waals surface area contributed by atoms with Crippen LogP contribution in [0.15, 0.2) is 78.4 Å². The maximum Gasteiger partial charge on any atom is 0.338 e. The summed E-state index contributed by atoms with van der Waals surface area (Å²) in [5, 5.41) is 5.87. The summed E-state index contributed by atoms with van der Waals surface area (Å²) in [4.78, 5) is 41.6. The van der Waals surface area contributed by atoms with E-state index in [-0.39, 0.29) is 18.5 Å². The van der Waals surface area contributed by atoms with E-state index in [2.05, 4.69) is 10.6 Å². The smallest absolute Gasteiger partial charge is 0.338 e. The summed E-state index contributed by atoms with van der Waals surface area (Å²) in [5.74, 6) is 0.0195. The van der Waals surface area contributed by atoms with Crippen molar-refractivity contribution in [1.82, 2.24) is 10.2 Å². The van der Waals surface area contributed by atoms with Crippen LogP contribution in [0.3, 0.4) is 0 Å². The van der Waals surface area contributed by atoms with Crippen LogP contribution in [0.1, 0.15) is 47.8 Å². The summed E-state index contributed by atoms with van der Waals surface area (Å²) in [5.41, 5.74) is 2.98. The summed E-state index contributed by atoms with van der Waals surface area (Å²) in [6.45, 7) is 4.31. The lowest BCUT2D eigenvalue weighted by Crippen LogP contribution is -2.48. The highest BCUT2D eigenvalue weighted by atomic mass is 16.5. The molecule has 0 radical (unpaired) electrons. The summed E-state index contributed by atoms with van der Waals surface area (Å²) < 4.78 is 16.1. The molecule has 1 heterocycles. The number of nitrogens with zero attached hydrogens (tertiary/aromatic N) is 1. The SMILES string of the molecule is CCCN1C(=O)NC(c2cccc(NC(=O)c3ccc(OC)cc3OC)c2)C(C(=O)OCC)=C1c1ccccc1. The van der Waals surface area contributed by atoms with Gasteiger partial charge in [-0.1, -0.05) is 49.4 Å². The van der Waals surface area contributed by atoms with E-state index in [1.54, 1.807) is 54.3 Å². The van der Waals surface area contributed by atoms with Crippen LogP contribution in [-0.2, 0) is 9.53 Å². The highest BCUT2D eigenvalue weighted by Crippen LogP contribution is 2.37. The second kappa shape index (κ2) is 12.8. The van der Waals surface area contributed by atoms with Crippen LogP contribution in [0.2, 0.25) is 0 Å². The molecular formula is C31H33N3O6. The number of hydrogen-bond donors (Lipinski definition) is 2. The Morgan fingerprint density at radius 1 is 0.950 bits per heavy atom. The van der Waals surface area contributed by atoms with E-state index >= 15 is 0 Å². The van der Waals surface area contributed by atoms with E-state index in [1.807, 2.05) is 37.3 Å². The lowest BCUT2D eigenvalue weighted by atomic mass is 9.91. The van der Waals surface area contributed by atoms with Crippen LogP contribution in [0, 0.1) is 0 Å². The fourth-order valence-electron chi connectivity index (χ4n) is 4.66. The number of rotatable bonds is 10. The molecule has 1 atom stereocenters. The third-order valence-corrected chi connectivity index (χ3v) is 6.45. The van der Waals surface area contributed by atoms with Crippen LogP contribution < -0.4 is 20.1 Å². The van der Waals surface area contributed by atoms with E-state index in [9.17, 15) is 14.4 Å². The first-order chi connectivity index (χ1) is 19.4. The van der Waals surface area contributed by atoms with Crippen LogP contribution in [-0.4, -0.2) is 50.2 Å². The molecule has 9 nitrogen and oxygen atoms in total. The van der Waals surface area contributed by atoms with Gasteiger partial charge in [-0.3, -0.25) is 9.69 Å². The van der Waals surface area contributed by atoms with Gasteiger partial charge in [-0.15, -0.1) is 0 Å². The molecule has 208 valence electrons. The standard InChI is InChI=1S/C31H33N3O6/c1-5-17-34-28(20-11-8-7-9-12-20)26(30(36)40-6-2)27(33-31(34)37)21-13-10-14-22(18-21)32-29(35)24-16-15-23(38-3)19-25(24)39-4/h7-16,18-19,27H,5-6,17H2,1-4H3,(H,32,35)(H,33,37). The molecule has 2 N–H and O–H groups in total. The Kier molecular flexibility index (Phi) is 9.06. The summed E-state index contributed by atoms with van der Waals surface area (Å²) in [6, 6.07) is 20.2. The molecule has 0 bridgehead atoms. The van der Waals surface area contributed by atoms with Crippen molar-refractivity contribution in [3.8, 4) is 11.5 Å². The largest absolute Gasteiger partial charge is 0.497 e. The maximum atomic E-state index is 13.4. The Morgan fingerprint density at radius 3 is 2.40 bits per heavy atom. The fourth-order valence-corrected chi connectivity index (χ4v) is 4.66. The zero-order valence-electron chi connectivity index (χ0n) is 23.0. The zero-order valence-corrected chi connectivity index (χ0v) is 23.0. The number of benzene rings is 3. The van der Waals surface area contributed by atoms with Gasteiger partial charge in [0.05, 0.1) is 43.7 Å². The topological polar surface area (TPSA) is 106 Å². The maximum absolute atomic E-state index is 13.4. The predicted molar refractivity (Wildman–Crippen MR) is 152 cm³/mol. The Bertz CT molecular complexity index is 1420. The number of carbonyl (C=O) groups is 3. The highest BCUT2D eigenvalue weighted by Gasteiger charge is 2.38. The van der Waals surface area contributed by atoms with Crippen molar-refractivity contribution in [3.63, 3.8) is 0 Å². The van der Waals surface area contributed by atoms with Gasteiger partial charge in [-0.25, -0.2) is 9.59 Å². The van der Waals surface area contributed by atoms with Crippen LogP contribution in [0.25, 0.3) is 5.70 Å². The average Bonchev–Trinajstić information content (AvgIpc) is 2.98. The Hall–Kier alpha value is -4.79. The normalized spacial score (nSPS) is 14.8. The lowest BCUT2D eigenvalue weighted by Gasteiger charge is -2.37. The van der Waals surface area contributed by atoms with Gasteiger partial charge in [-0.05, 0) is 48.7 Å². The van der Waals surface area contributed by atoms with Crippen molar-refractivity contribution in [1.29, 1.82) is 0 Å². The van der Waals surface area contributed by atoms with Gasteiger partial charge in [-0.2, -0.15) is 0 Å². The molecule has 3 amide bonds. The molecule has 0 aliphatic carbocycles. The highest BCUT2D eigenvalue weighted by molar-refractivity contribution is 6.07. The molecular weight excluding hydrogens is 510 g/mol. The molecule has 0 spiro atoms. The van der Waals surface area contributed by atoms with Crippen LogP contribution in [0.5, 0.6) is 11.5 Å². The minimum absolute atomic E-state index is 0.179. The van der Waals surface area contributed by atoms with Crippen molar-refractivity contribution in [2.75, 3.05) is 32.7 Å². The third-order valence-electron chi connectivity index (χ3n) is 6.45. The number of ether oxygens (including phenoxy) is 3. The molecule has 1 unspecified atom stereocenters. The van der Waals surface area contributed by atoms with E-state index < -0.39 is 12.0 Å². The molecule has 0 aromatic heterocycles. The zero-order chi connectivity index (χ0) is 28.6. The second-order valence-corrected chi connectivity index (χ2v) is 9.03. The predicted octanol–water partition coefficient (Wildman–Crippen LogP) is 5.41. The number of hydrogen-bond acceptors (Lipinski definition) is 6. The molecule has 1 aliphatic rings. The van der Waals surface area contributed by atoms with Gasteiger partial charge in [0, 0.05) is 18.3 Å². The summed E-state index contributed by atoms with van der Waals surface area (Å²) in [7, 11) is 3.01. The minimum Gasteiger partial charge on any atom is -0.497 e. The van der Waals surface area contributed by atoms with E-state index in [0.29, 0.717) is 52.5 Å². The van der Waals surface area contributed by atoms with Crippen molar-refractivity contribution in [2.24, 2.45) is 0 Å². The first-order valence-corrected chi connectivity index (χ1v) is 13.1. The molecule has 0 saturated carbocycles. The quantitative estimate of drug-likeness (QED) is 0.332. The Morgan fingerprint density at radius 2 is 1.73 bits per heavy atom. The number of carbonyl (C=O) groups excluding carboxylic acids is 3. The van der Waals surface area contributed by atoms with Crippen molar-refractivity contribution >= 4 is 29.3 Å². The summed E-state index contributed by atoms with van der Waals surface area (Å²) >= 11 is 0. The van der Waals surface area contributed by atoms with Gasteiger partial charge in [0.1, 0.15) is 11.5 Å². The molecule has 3 aromatic carbocycles. The number of amides is 3. The van der Waals surface area contributed by atoms with Crippen molar-refractivity contribution in [2.45, 2.75) is 26.3 Å². The fraction of sp³-hybridized carbons (Fsp3) is 0.258. The number of urea groups is 1. The number of esters is 1. The van der Waals surface area contributed by atoms with Gasteiger partial charge in [0.15, 0.2) is 0 Å². The van der Waals surface area contributed by atoms with E-state index in [0.717, 1.165) is 5.56 Å². The molecule has 1 aliphatic heterocycles. The average molecular weight is 544 g/mol. The monoisotopic (exact) mass is 543 g/mol. The lowest BCUT2D eigenvalue weighted by molar-refractivity contribution is -0.138. The number of anilines is 1. The molecule has 3 aromatic rings. The first kappa shape index (κ1) is 28.2. The van der Waals surface area contributed by atoms with E-state index in [1.165, 1.54) is 14.2 Å². The van der Waals surface area contributed by atoms with Crippen molar-refractivity contribution in [3.05, 3.63) is 95.1 Å². The number of methoxy groups -OCH3 is 2. The second-order valence-electron chi connectivity index (χ2n) is 9.03. The van der Waals surface area contributed by atoms with Gasteiger partial charge in [0.25, 0.3) is 5.91 Å². The number of nitrogens with one attached hydrogen (secondary N) is 2. The van der Waals surface area contributed by atoms with Gasteiger partial charge in [0.2, 0.25) is 0 Å². The molecule has 0 fully saturated rings. The van der Waals surface area contributed by atoms with Crippen LogP contribution in [0.4, 0.5) is 10.5 Å².